The Labute approximate surface area is 112 Å². The number of hydrogen-bond donors (Lipinski definition) is 2. The first kappa shape index (κ1) is 14.0. The Morgan fingerprint density at radius 2 is 1.95 bits per heavy atom. The number of nitrogens with two attached hydrogens (primary N) is 1. The minimum Gasteiger partial charge on any atom is -0.481 e. The van der Waals surface area contributed by atoms with Crippen molar-refractivity contribution in [3.05, 3.63) is 29.3 Å². The predicted octanol–water partition coefficient (Wildman–Crippen LogP) is 1.47. The molecule has 1 aromatic rings. The molecule has 104 valence electrons. The quantitative estimate of drug-likeness (QED) is 0.877. The van der Waals surface area contributed by atoms with Crippen molar-refractivity contribution in [2.45, 2.75) is 31.6 Å². The molecule has 5 nitrogen and oxygen atoms in total. The molecule has 0 aromatic heterocycles. The fraction of sp³-hybridized carbons (Fsp3) is 0.462. The van der Waals surface area contributed by atoms with E-state index in [9.17, 15) is 18.3 Å². The number of sulfonamides is 1. The number of carboxylic acid groups (broad SMARTS) is 1. The van der Waals surface area contributed by atoms with Crippen LogP contribution in [0.2, 0.25) is 0 Å². The smallest absolute Gasteiger partial charge is 0.307 e. The number of primary sulfonamides is 1. The van der Waals surface area contributed by atoms with Crippen molar-refractivity contribution in [3.63, 3.8) is 0 Å². The normalized spacial score (nSPS) is 25.1. The van der Waals surface area contributed by atoms with Crippen LogP contribution < -0.4 is 5.14 Å². The minimum atomic E-state index is -3.72. The Morgan fingerprint density at radius 3 is 2.32 bits per heavy atom. The lowest BCUT2D eigenvalue weighted by molar-refractivity contribution is -0.139. The molecular weight excluding hydrogens is 266 g/mol. The molecule has 0 spiro atoms. The number of hydrogen-bond acceptors (Lipinski definition) is 3. The van der Waals surface area contributed by atoms with Gasteiger partial charge in [-0.05, 0) is 35.6 Å². The van der Waals surface area contributed by atoms with Gasteiger partial charge in [0.1, 0.15) is 0 Å². The van der Waals surface area contributed by atoms with Gasteiger partial charge in [0.15, 0.2) is 0 Å². The fourth-order valence-electron chi connectivity index (χ4n) is 2.85. The van der Waals surface area contributed by atoms with Crippen molar-refractivity contribution < 1.29 is 18.3 Å². The molecular formula is C13H17NO4S. The van der Waals surface area contributed by atoms with E-state index in [1.807, 2.05) is 13.8 Å². The maximum atomic E-state index is 11.3. The summed E-state index contributed by atoms with van der Waals surface area (Å²) in [5, 5.41) is 14.3. The highest BCUT2D eigenvalue weighted by Gasteiger charge is 2.62. The summed E-state index contributed by atoms with van der Waals surface area (Å²) < 4.78 is 22.5. The van der Waals surface area contributed by atoms with Crippen LogP contribution >= 0.6 is 0 Å². The highest BCUT2D eigenvalue weighted by Crippen LogP contribution is 2.64. The molecule has 1 saturated carbocycles. The second-order valence-corrected chi connectivity index (χ2v) is 7.24. The first-order valence-corrected chi connectivity index (χ1v) is 7.47. The van der Waals surface area contributed by atoms with Crippen molar-refractivity contribution >= 4 is 16.0 Å². The zero-order valence-electron chi connectivity index (χ0n) is 11.0. The van der Waals surface area contributed by atoms with Gasteiger partial charge < -0.3 is 5.11 Å². The molecule has 0 radical (unpaired) electrons. The maximum absolute atomic E-state index is 11.3. The number of aliphatic carboxylic acids is 1. The fourth-order valence-corrected chi connectivity index (χ4v) is 3.45. The monoisotopic (exact) mass is 283 g/mol. The topological polar surface area (TPSA) is 97.5 Å². The van der Waals surface area contributed by atoms with Gasteiger partial charge in [-0.15, -0.1) is 0 Å². The van der Waals surface area contributed by atoms with Gasteiger partial charge in [-0.2, -0.15) is 0 Å². The minimum absolute atomic E-state index is 0.0547. The zero-order valence-corrected chi connectivity index (χ0v) is 11.9. The van der Waals surface area contributed by atoms with Crippen LogP contribution in [0.5, 0.6) is 0 Å². The van der Waals surface area contributed by atoms with Gasteiger partial charge in [-0.25, -0.2) is 13.6 Å². The number of benzene rings is 1. The second kappa shape index (κ2) is 4.05. The molecule has 1 aromatic carbocycles. The summed E-state index contributed by atoms with van der Waals surface area (Å²) in [6, 6.07) is 4.60. The molecule has 0 amide bonds. The molecule has 3 N–H and O–H groups in total. The Balaban J connectivity index is 2.42. The van der Waals surface area contributed by atoms with Crippen LogP contribution in [0, 0.1) is 18.3 Å². The van der Waals surface area contributed by atoms with Gasteiger partial charge in [0.05, 0.1) is 10.8 Å². The van der Waals surface area contributed by atoms with E-state index in [0.717, 1.165) is 11.1 Å². The number of aryl methyl sites for hydroxylation is 1. The largest absolute Gasteiger partial charge is 0.481 e. The van der Waals surface area contributed by atoms with Gasteiger partial charge in [0, 0.05) is 5.92 Å². The van der Waals surface area contributed by atoms with Crippen LogP contribution in [0.15, 0.2) is 23.1 Å². The zero-order chi connectivity index (χ0) is 14.6. The second-order valence-electron chi connectivity index (χ2n) is 5.68. The molecule has 1 aliphatic rings. The highest BCUT2D eigenvalue weighted by atomic mass is 32.2. The third kappa shape index (κ3) is 2.26. The summed E-state index contributed by atoms with van der Waals surface area (Å²) >= 11 is 0. The van der Waals surface area contributed by atoms with Crippen molar-refractivity contribution in [1.82, 2.24) is 0 Å². The molecule has 1 aliphatic carbocycles. The Kier molecular flexibility index (Phi) is 2.98. The number of carbonyl (C=O) groups is 1. The molecule has 2 atom stereocenters. The van der Waals surface area contributed by atoms with Crippen LogP contribution in [0.4, 0.5) is 0 Å². The summed E-state index contributed by atoms with van der Waals surface area (Å²) in [5.74, 6) is -1.32. The molecule has 0 saturated heterocycles. The lowest BCUT2D eigenvalue weighted by Gasteiger charge is -2.08. The van der Waals surface area contributed by atoms with E-state index < -0.39 is 21.9 Å². The number of rotatable bonds is 3. The third-order valence-electron chi connectivity index (χ3n) is 4.00. The lowest BCUT2D eigenvalue weighted by atomic mass is 9.99. The van der Waals surface area contributed by atoms with Crippen LogP contribution in [0.1, 0.15) is 30.9 Å². The molecule has 0 bridgehead atoms. The predicted molar refractivity (Wildman–Crippen MR) is 70.2 cm³/mol. The first-order chi connectivity index (χ1) is 8.56. The van der Waals surface area contributed by atoms with Crippen molar-refractivity contribution in [2.75, 3.05) is 0 Å². The van der Waals surface area contributed by atoms with Crippen molar-refractivity contribution in [3.8, 4) is 0 Å². The molecule has 0 heterocycles. The summed E-state index contributed by atoms with van der Waals surface area (Å²) in [6.07, 6.45) is 0. The summed E-state index contributed by atoms with van der Waals surface area (Å²) in [6.45, 7) is 5.59. The van der Waals surface area contributed by atoms with Gasteiger partial charge in [-0.1, -0.05) is 19.9 Å². The van der Waals surface area contributed by atoms with E-state index in [1.54, 1.807) is 13.0 Å². The molecule has 1 fully saturated rings. The highest BCUT2D eigenvalue weighted by molar-refractivity contribution is 7.89. The molecule has 0 unspecified atom stereocenters. The van der Waals surface area contributed by atoms with E-state index in [2.05, 4.69) is 0 Å². The lowest BCUT2D eigenvalue weighted by Crippen LogP contribution is -2.12. The Morgan fingerprint density at radius 1 is 1.37 bits per heavy atom. The average molecular weight is 283 g/mol. The summed E-state index contributed by atoms with van der Waals surface area (Å²) in [7, 11) is -3.72. The summed E-state index contributed by atoms with van der Waals surface area (Å²) in [5.41, 5.74) is 1.33. The van der Waals surface area contributed by atoms with E-state index in [1.165, 1.54) is 12.1 Å². The maximum Gasteiger partial charge on any atom is 0.307 e. The van der Waals surface area contributed by atoms with Crippen molar-refractivity contribution in [1.29, 1.82) is 0 Å². The van der Waals surface area contributed by atoms with E-state index in [4.69, 9.17) is 5.14 Å². The summed E-state index contributed by atoms with van der Waals surface area (Å²) in [4.78, 5) is 11.2. The SMILES string of the molecule is Cc1cc(S(N)(=O)=O)ccc1[C@H]1[C@H](C(=O)O)C1(C)C. The first-order valence-electron chi connectivity index (χ1n) is 5.93. The standard InChI is InChI=1S/C13H17NO4S/c1-7-6-8(19(14,17)18)4-5-9(7)10-11(12(15)16)13(10,2)3/h4-6,10-11H,1-3H3,(H,15,16)(H2,14,17,18)/t10-,11+/m0/s1. The van der Waals surface area contributed by atoms with Crippen LogP contribution in [-0.2, 0) is 14.8 Å². The molecule has 2 rings (SSSR count). The van der Waals surface area contributed by atoms with Crippen LogP contribution in [-0.4, -0.2) is 19.5 Å². The molecule has 6 heteroatoms. The molecule has 19 heavy (non-hydrogen) atoms. The Bertz CT molecular complexity index is 649. The average Bonchev–Trinajstić information content (AvgIpc) is 2.80. The third-order valence-corrected chi connectivity index (χ3v) is 4.91. The van der Waals surface area contributed by atoms with Gasteiger partial charge >= 0.3 is 5.97 Å². The van der Waals surface area contributed by atoms with Gasteiger partial charge in [-0.3, -0.25) is 4.79 Å². The molecule has 0 aliphatic heterocycles. The van der Waals surface area contributed by atoms with E-state index >= 15 is 0 Å². The van der Waals surface area contributed by atoms with Crippen LogP contribution in [0.3, 0.4) is 0 Å². The Hall–Kier alpha value is -1.40. The van der Waals surface area contributed by atoms with Gasteiger partial charge in [0.25, 0.3) is 0 Å². The van der Waals surface area contributed by atoms with Crippen molar-refractivity contribution in [2.24, 2.45) is 16.5 Å². The van der Waals surface area contributed by atoms with E-state index in [0.29, 0.717) is 0 Å². The van der Waals surface area contributed by atoms with E-state index in [-0.39, 0.29) is 16.2 Å². The van der Waals surface area contributed by atoms with Crippen LogP contribution in [0.25, 0.3) is 0 Å². The van der Waals surface area contributed by atoms with Gasteiger partial charge in [0.2, 0.25) is 10.0 Å². The number of carboxylic acids is 1.